The molecule has 0 bridgehead atoms. The maximum atomic E-state index is 6.74. The van der Waals surface area contributed by atoms with Gasteiger partial charge in [0.25, 0.3) is 0 Å². The van der Waals surface area contributed by atoms with Crippen molar-refractivity contribution in [1.82, 2.24) is 19.3 Å². The predicted molar refractivity (Wildman–Crippen MR) is 216 cm³/mol. The quantitative estimate of drug-likeness (QED) is 0.114. The molecule has 0 saturated carbocycles. The normalized spacial score (nSPS) is 12.0. The van der Waals surface area contributed by atoms with E-state index in [1.165, 1.54) is 33.5 Å². The summed E-state index contributed by atoms with van der Waals surface area (Å²) in [5.74, 6) is 2.12. The topological polar surface area (TPSA) is 44.9 Å². The number of rotatable bonds is 8. The summed E-state index contributed by atoms with van der Waals surface area (Å²) in [5.41, 5.74) is 12.4. The largest absolute Gasteiger partial charge is 2.00 e. The van der Waals surface area contributed by atoms with Crippen LogP contribution in [0.4, 0.5) is 0 Å². The Bertz CT molecular complexity index is 2420. The molecule has 0 aliphatic heterocycles. The molecule has 3 aromatic heterocycles. The first-order valence-electron chi connectivity index (χ1n) is 18.6. The van der Waals surface area contributed by atoms with Crippen LogP contribution >= 0.6 is 0 Å². The van der Waals surface area contributed by atoms with Crippen molar-refractivity contribution in [1.29, 1.82) is 0 Å². The molecule has 3 heterocycles. The monoisotopic (exact) mass is 792 g/mol. The Morgan fingerprint density at radius 2 is 1.43 bits per heavy atom. The summed E-state index contributed by atoms with van der Waals surface area (Å²) in [4.78, 5) is 4.85. The first-order chi connectivity index (χ1) is 24.7. The SMILES string of the molecule is CCCCc1c(-c2c(C)cccc2C)c(C)nn1-c1[c-]c(Oc2[c-]c3c(cc2)c2ccccc2n3-c2cc(C(C)(C)C)ccn2)cc(C(C)(C)C)c1.[Pd+2]. The molecule has 7 aromatic rings. The zero-order valence-electron chi connectivity index (χ0n) is 32.7. The molecule has 4 aromatic carbocycles. The molecule has 0 unspecified atom stereocenters. The molecule has 0 aliphatic carbocycles. The summed E-state index contributed by atoms with van der Waals surface area (Å²) >= 11 is 0. The van der Waals surface area contributed by atoms with Gasteiger partial charge in [0.05, 0.1) is 5.69 Å². The Balaban J connectivity index is 0.00000481. The van der Waals surface area contributed by atoms with Crippen LogP contribution in [0.5, 0.6) is 11.5 Å². The minimum absolute atomic E-state index is 0. The van der Waals surface area contributed by atoms with Crippen LogP contribution < -0.4 is 4.74 Å². The van der Waals surface area contributed by atoms with Gasteiger partial charge >= 0.3 is 20.4 Å². The van der Waals surface area contributed by atoms with Gasteiger partial charge in [0.15, 0.2) is 0 Å². The van der Waals surface area contributed by atoms with Crippen molar-refractivity contribution in [2.75, 3.05) is 0 Å². The van der Waals surface area contributed by atoms with Crippen LogP contribution in [0.15, 0.2) is 85.1 Å². The maximum absolute atomic E-state index is 6.74. The van der Waals surface area contributed by atoms with E-state index in [0.717, 1.165) is 63.8 Å². The molecule has 0 N–H and O–H groups in total. The van der Waals surface area contributed by atoms with Gasteiger partial charge in [0, 0.05) is 34.5 Å². The second-order valence-corrected chi connectivity index (χ2v) is 16.2. The van der Waals surface area contributed by atoms with Gasteiger partial charge in [0.2, 0.25) is 0 Å². The number of benzene rings is 4. The van der Waals surface area contributed by atoms with Crippen molar-refractivity contribution >= 4 is 21.8 Å². The minimum Gasteiger partial charge on any atom is -0.509 e. The molecule has 53 heavy (non-hydrogen) atoms. The van der Waals surface area contributed by atoms with E-state index in [0.29, 0.717) is 11.5 Å². The summed E-state index contributed by atoms with van der Waals surface area (Å²) in [6.45, 7) is 22.2. The third kappa shape index (κ3) is 7.37. The molecule has 0 fully saturated rings. The number of unbranched alkanes of at least 4 members (excludes halogenated alkanes) is 1. The first kappa shape index (κ1) is 38.2. The van der Waals surface area contributed by atoms with E-state index < -0.39 is 0 Å². The van der Waals surface area contributed by atoms with Gasteiger partial charge in [-0.2, -0.15) is 11.2 Å². The Morgan fingerprint density at radius 3 is 2.13 bits per heavy atom. The van der Waals surface area contributed by atoms with Crippen LogP contribution in [-0.4, -0.2) is 19.3 Å². The molecule has 274 valence electrons. The van der Waals surface area contributed by atoms with Crippen molar-refractivity contribution in [3.05, 3.63) is 131 Å². The summed E-state index contributed by atoms with van der Waals surface area (Å²) in [7, 11) is 0. The van der Waals surface area contributed by atoms with Crippen LogP contribution in [0.25, 0.3) is 44.4 Å². The van der Waals surface area contributed by atoms with E-state index in [4.69, 9.17) is 14.8 Å². The summed E-state index contributed by atoms with van der Waals surface area (Å²) < 4.78 is 11.1. The molecule has 5 nitrogen and oxygen atoms in total. The fourth-order valence-electron chi connectivity index (χ4n) is 7.31. The van der Waals surface area contributed by atoms with Crippen molar-refractivity contribution in [3.8, 4) is 34.1 Å². The summed E-state index contributed by atoms with van der Waals surface area (Å²) in [6, 6.07) is 35.1. The molecule has 0 radical (unpaired) electrons. The number of aryl methyl sites for hydroxylation is 3. The van der Waals surface area contributed by atoms with Gasteiger partial charge in [-0.05, 0) is 96.0 Å². The van der Waals surface area contributed by atoms with Crippen LogP contribution in [0.2, 0.25) is 0 Å². The number of hydrogen-bond donors (Lipinski definition) is 0. The van der Waals surface area contributed by atoms with E-state index in [9.17, 15) is 0 Å². The number of nitrogens with zero attached hydrogens (tertiary/aromatic N) is 4. The van der Waals surface area contributed by atoms with Crippen molar-refractivity contribution in [2.45, 2.75) is 99.3 Å². The zero-order chi connectivity index (χ0) is 36.9. The summed E-state index contributed by atoms with van der Waals surface area (Å²) in [5, 5.41) is 7.47. The van der Waals surface area contributed by atoms with Crippen LogP contribution in [0, 0.1) is 32.9 Å². The summed E-state index contributed by atoms with van der Waals surface area (Å²) in [6.07, 6.45) is 5.00. The van der Waals surface area contributed by atoms with Crippen LogP contribution in [-0.2, 0) is 37.7 Å². The zero-order valence-corrected chi connectivity index (χ0v) is 34.3. The Kier molecular flexibility index (Phi) is 10.6. The number of pyridine rings is 1. The van der Waals surface area contributed by atoms with E-state index >= 15 is 0 Å². The van der Waals surface area contributed by atoms with Gasteiger partial charge in [-0.15, -0.1) is 41.3 Å². The predicted octanol–water partition coefficient (Wildman–Crippen LogP) is 12.3. The van der Waals surface area contributed by atoms with Crippen molar-refractivity contribution in [2.24, 2.45) is 0 Å². The van der Waals surface area contributed by atoms with Gasteiger partial charge in [0.1, 0.15) is 5.82 Å². The molecule has 0 spiro atoms. The van der Waals surface area contributed by atoms with Crippen molar-refractivity contribution < 1.29 is 25.2 Å². The van der Waals surface area contributed by atoms with Gasteiger partial charge in [-0.3, -0.25) is 4.68 Å². The van der Waals surface area contributed by atoms with E-state index in [1.807, 2.05) is 12.3 Å². The van der Waals surface area contributed by atoms with Gasteiger partial charge in [-0.1, -0.05) is 96.8 Å². The molecule has 7 rings (SSSR count). The van der Waals surface area contributed by atoms with E-state index in [2.05, 4.69) is 163 Å². The molecule has 6 heteroatoms. The Labute approximate surface area is 329 Å². The average Bonchev–Trinajstić information content (AvgIpc) is 3.60. The standard InChI is InChI=1S/C47H50N4O.Pd/c1-11-12-19-41-45(44-30(2)16-15-17-31(44)3)32(4)49-51(41)35-25-34(47(8,9)10)26-37(28-35)52-36-21-22-39-38-18-13-14-20-40(38)50(42(39)29-36)43-27-33(23-24-48-43)46(5,6)7;/h13-18,20-27H,11-12,19H2,1-10H3;/q-2;+2. The second kappa shape index (κ2) is 14.7. The number of fused-ring (bicyclic) bond motifs is 3. The maximum Gasteiger partial charge on any atom is 2.00 e. The fraction of sp³-hybridized carbons (Fsp3) is 0.319. The molecule has 0 aliphatic rings. The number of hydrogen-bond acceptors (Lipinski definition) is 3. The molecular weight excluding hydrogens is 743 g/mol. The fourth-order valence-corrected chi connectivity index (χ4v) is 7.31. The molecule has 0 amide bonds. The number of para-hydroxylation sites is 1. The van der Waals surface area contributed by atoms with Gasteiger partial charge in [-0.25, -0.2) is 4.98 Å². The second-order valence-electron chi connectivity index (χ2n) is 16.2. The van der Waals surface area contributed by atoms with Gasteiger partial charge < -0.3 is 9.30 Å². The number of aromatic nitrogens is 4. The van der Waals surface area contributed by atoms with Crippen LogP contribution in [0.3, 0.4) is 0 Å². The van der Waals surface area contributed by atoms with E-state index in [1.54, 1.807) is 0 Å². The smallest absolute Gasteiger partial charge is 0.509 e. The molecular formula is C47H50N4OPd. The first-order valence-corrected chi connectivity index (χ1v) is 18.6. The van der Waals surface area contributed by atoms with Crippen molar-refractivity contribution in [3.63, 3.8) is 0 Å². The van der Waals surface area contributed by atoms with E-state index in [-0.39, 0.29) is 31.3 Å². The molecule has 0 saturated heterocycles. The Morgan fingerprint density at radius 1 is 0.717 bits per heavy atom. The molecule has 0 atom stereocenters. The number of ether oxygens (including phenoxy) is 1. The van der Waals surface area contributed by atoms with Crippen LogP contribution in [0.1, 0.15) is 94.9 Å². The minimum atomic E-state index is -0.132. The Hall–Kier alpha value is -4.50. The third-order valence-electron chi connectivity index (χ3n) is 10.2. The average molecular weight is 793 g/mol. The third-order valence-corrected chi connectivity index (χ3v) is 10.2.